The van der Waals surface area contributed by atoms with E-state index in [9.17, 15) is 0 Å². The van der Waals surface area contributed by atoms with Gasteiger partial charge in [0.05, 0.1) is 0 Å². The summed E-state index contributed by atoms with van der Waals surface area (Å²) in [4.78, 5) is 4.40. The molecule has 1 heteroatoms. The second-order valence-electron chi connectivity index (χ2n) is 2.91. The summed E-state index contributed by atoms with van der Waals surface area (Å²) in [6.45, 7) is 2.02. The summed E-state index contributed by atoms with van der Waals surface area (Å²) in [6, 6.07) is 7.02. The van der Waals surface area contributed by atoms with Crippen molar-refractivity contribution < 1.29 is 0 Å². The molecule has 2 rings (SSSR count). The molecule has 0 amide bonds. The molecule has 0 saturated heterocycles. The monoisotopic (exact) mass is 132 g/mol. The highest BCUT2D eigenvalue weighted by atomic mass is 14.7. The van der Waals surface area contributed by atoms with Crippen molar-refractivity contribution in [2.75, 3.05) is 0 Å². The average Bonchev–Trinajstić information content (AvgIpc) is 2.68. The molecule has 0 unspecified atom stereocenters. The van der Waals surface area contributed by atoms with E-state index in [0.717, 1.165) is 11.6 Å². The van der Waals surface area contributed by atoms with Crippen LogP contribution in [0.15, 0.2) is 12.1 Å². The van der Waals surface area contributed by atoms with Gasteiger partial charge in [-0.2, -0.15) is 0 Å². The van der Waals surface area contributed by atoms with Gasteiger partial charge >= 0.3 is 0 Å². The number of aromatic nitrogens is 1. The van der Waals surface area contributed by atoms with Crippen LogP contribution in [0.2, 0.25) is 0 Å². The zero-order valence-electron chi connectivity index (χ0n) is 6.09. The summed E-state index contributed by atoms with van der Waals surface area (Å²) in [5.41, 5.74) is 2.32. The Morgan fingerprint density at radius 1 is 1.50 bits per heavy atom. The highest BCUT2D eigenvalue weighted by Gasteiger charge is 2.24. The largest absolute Gasteiger partial charge is 0.258 e. The minimum Gasteiger partial charge on any atom is -0.258 e. The molecule has 51 valence electrons. The molecule has 0 bridgehead atoms. The quantitative estimate of drug-likeness (QED) is 0.570. The topological polar surface area (TPSA) is 12.9 Å². The molecule has 1 aliphatic rings. The van der Waals surface area contributed by atoms with Gasteiger partial charge in [-0.25, -0.2) is 0 Å². The van der Waals surface area contributed by atoms with E-state index < -0.39 is 0 Å². The normalized spacial score (nSPS) is 17.3. The van der Waals surface area contributed by atoms with Gasteiger partial charge in [-0.3, -0.25) is 4.98 Å². The minimum atomic E-state index is 0.760. The van der Waals surface area contributed by atoms with Crippen LogP contribution in [0, 0.1) is 13.0 Å². The molecule has 1 aromatic heterocycles. The molecule has 1 aliphatic carbocycles. The summed E-state index contributed by atoms with van der Waals surface area (Å²) in [5.74, 6) is 0.760. The molecular formula is C9H10N. The lowest BCUT2D eigenvalue weighted by atomic mass is 10.2. The van der Waals surface area contributed by atoms with Crippen LogP contribution in [0.3, 0.4) is 0 Å². The van der Waals surface area contributed by atoms with Gasteiger partial charge in [-0.05, 0) is 38.0 Å². The standard InChI is InChI=1S/C9H10N/c1-7-3-2-4-9(10-7)8-5-6-8/h3-4,8H,5-6H2,1H3. The summed E-state index contributed by atoms with van der Waals surface area (Å²) < 4.78 is 0. The maximum absolute atomic E-state index is 4.40. The van der Waals surface area contributed by atoms with Crippen molar-refractivity contribution in [3.05, 3.63) is 29.6 Å². The van der Waals surface area contributed by atoms with Crippen LogP contribution in [-0.4, -0.2) is 4.98 Å². The maximum atomic E-state index is 4.40. The van der Waals surface area contributed by atoms with Crippen LogP contribution < -0.4 is 0 Å². The Balaban J connectivity index is 2.32. The van der Waals surface area contributed by atoms with E-state index >= 15 is 0 Å². The first kappa shape index (κ1) is 5.90. The van der Waals surface area contributed by atoms with Crippen molar-refractivity contribution in [3.8, 4) is 0 Å². The fourth-order valence-corrected chi connectivity index (χ4v) is 1.10. The smallest absolute Gasteiger partial charge is 0.0443 e. The number of pyridine rings is 1. The second kappa shape index (κ2) is 2.08. The van der Waals surface area contributed by atoms with Crippen molar-refractivity contribution in [3.63, 3.8) is 0 Å². The number of aryl methyl sites for hydroxylation is 1. The lowest BCUT2D eigenvalue weighted by Gasteiger charge is -1.95. The molecule has 0 N–H and O–H groups in total. The molecule has 10 heavy (non-hydrogen) atoms. The van der Waals surface area contributed by atoms with Gasteiger partial charge in [0.15, 0.2) is 0 Å². The molecule has 1 nitrogen and oxygen atoms in total. The van der Waals surface area contributed by atoms with Crippen LogP contribution in [0.4, 0.5) is 0 Å². The van der Waals surface area contributed by atoms with Gasteiger partial charge in [0, 0.05) is 17.3 Å². The third kappa shape index (κ3) is 1.04. The van der Waals surface area contributed by atoms with Crippen LogP contribution in [0.1, 0.15) is 30.1 Å². The Labute approximate surface area is 61.1 Å². The molecule has 0 atom stereocenters. The van der Waals surface area contributed by atoms with E-state index in [1.54, 1.807) is 0 Å². The molecular weight excluding hydrogens is 122 g/mol. The predicted octanol–water partition coefficient (Wildman–Crippen LogP) is 2.07. The second-order valence-corrected chi connectivity index (χ2v) is 2.91. The Morgan fingerprint density at radius 3 is 2.90 bits per heavy atom. The minimum absolute atomic E-state index is 0.760. The summed E-state index contributed by atoms with van der Waals surface area (Å²) in [6.07, 6.45) is 2.65. The summed E-state index contributed by atoms with van der Waals surface area (Å²) in [5, 5.41) is 0. The fourth-order valence-electron chi connectivity index (χ4n) is 1.10. The first-order valence-electron chi connectivity index (χ1n) is 3.71. The van der Waals surface area contributed by atoms with E-state index in [0.29, 0.717) is 0 Å². The van der Waals surface area contributed by atoms with Crippen molar-refractivity contribution in [2.24, 2.45) is 0 Å². The summed E-state index contributed by atoms with van der Waals surface area (Å²) in [7, 11) is 0. The Kier molecular flexibility index (Phi) is 1.23. The Hall–Kier alpha value is -0.850. The zero-order valence-corrected chi connectivity index (χ0v) is 6.09. The van der Waals surface area contributed by atoms with Gasteiger partial charge in [0.25, 0.3) is 0 Å². The molecule has 1 radical (unpaired) electrons. The first-order chi connectivity index (χ1) is 4.86. The van der Waals surface area contributed by atoms with Gasteiger partial charge in [0.2, 0.25) is 0 Å². The highest BCUT2D eigenvalue weighted by Crippen LogP contribution is 2.38. The van der Waals surface area contributed by atoms with Crippen molar-refractivity contribution in [2.45, 2.75) is 25.7 Å². The van der Waals surface area contributed by atoms with E-state index in [2.05, 4.69) is 11.1 Å². The lowest BCUT2D eigenvalue weighted by molar-refractivity contribution is 0.993. The van der Waals surface area contributed by atoms with E-state index in [1.807, 2.05) is 19.1 Å². The van der Waals surface area contributed by atoms with Gasteiger partial charge in [0.1, 0.15) is 0 Å². The van der Waals surface area contributed by atoms with Crippen molar-refractivity contribution >= 4 is 0 Å². The van der Waals surface area contributed by atoms with Crippen molar-refractivity contribution in [1.29, 1.82) is 0 Å². The first-order valence-corrected chi connectivity index (χ1v) is 3.71. The molecule has 1 fully saturated rings. The van der Waals surface area contributed by atoms with Crippen molar-refractivity contribution in [1.82, 2.24) is 4.98 Å². The molecule has 0 aromatic carbocycles. The third-order valence-corrected chi connectivity index (χ3v) is 1.82. The molecule has 1 heterocycles. The van der Waals surface area contributed by atoms with E-state index in [1.165, 1.54) is 18.5 Å². The Bertz CT molecular complexity index is 238. The number of hydrogen-bond donors (Lipinski definition) is 0. The molecule has 0 aliphatic heterocycles. The van der Waals surface area contributed by atoms with Crippen LogP contribution in [-0.2, 0) is 0 Å². The third-order valence-electron chi connectivity index (χ3n) is 1.82. The maximum Gasteiger partial charge on any atom is 0.0443 e. The summed E-state index contributed by atoms with van der Waals surface area (Å²) >= 11 is 0. The zero-order chi connectivity index (χ0) is 6.97. The van der Waals surface area contributed by atoms with Gasteiger partial charge in [-0.1, -0.05) is 0 Å². The van der Waals surface area contributed by atoms with E-state index in [4.69, 9.17) is 0 Å². The fraction of sp³-hybridized carbons (Fsp3) is 0.444. The Morgan fingerprint density at radius 2 is 2.30 bits per heavy atom. The van der Waals surface area contributed by atoms with Gasteiger partial charge < -0.3 is 0 Å². The molecule has 0 spiro atoms. The van der Waals surface area contributed by atoms with Crippen LogP contribution in [0.5, 0.6) is 0 Å². The lowest BCUT2D eigenvalue weighted by Crippen LogP contribution is -1.87. The predicted molar refractivity (Wildman–Crippen MR) is 39.8 cm³/mol. The number of rotatable bonds is 1. The number of nitrogens with zero attached hydrogens (tertiary/aromatic N) is 1. The van der Waals surface area contributed by atoms with Gasteiger partial charge in [-0.15, -0.1) is 0 Å². The highest BCUT2D eigenvalue weighted by molar-refractivity contribution is 5.16. The number of hydrogen-bond acceptors (Lipinski definition) is 1. The SMILES string of the molecule is Cc1c[c]cc(C2CC2)n1. The average molecular weight is 132 g/mol. The van der Waals surface area contributed by atoms with Crippen LogP contribution in [0.25, 0.3) is 0 Å². The molecule has 1 saturated carbocycles. The molecule has 1 aromatic rings. The van der Waals surface area contributed by atoms with Crippen LogP contribution >= 0.6 is 0 Å². The van der Waals surface area contributed by atoms with E-state index in [-0.39, 0.29) is 0 Å².